The van der Waals surface area contributed by atoms with Crippen molar-refractivity contribution in [3.8, 4) is 0 Å². The molecule has 0 unspecified atom stereocenters. The molecule has 8 nitrogen and oxygen atoms in total. The standard InChI is InChI=1S/C20H23N5O3S/c1-4-9-23-29(27,28)13-15-5-7-18(8-6-15)24-20(26)17-10-16-12-22-25(14(2)3)19(16)21-11-17/h4-8,10-12,14,23H,1,9,13H2,2-3H3,(H,24,26). The number of amides is 1. The van der Waals surface area contributed by atoms with Gasteiger partial charge < -0.3 is 5.32 Å². The smallest absolute Gasteiger partial charge is 0.257 e. The van der Waals surface area contributed by atoms with E-state index in [0.29, 0.717) is 16.8 Å². The maximum Gasteiger partial charge on any atom is 0.257 e. The van der Waals surface area contributed by atoms with Crippen molar-refractivity contribution in [2.45, 2.75) is 25.6 Å². The molecule has 2 aromatic heterocycles. The topological polar surface area (TPSA) is 106 Å². The minimum atomic E-state index is -3.43. The van der Waals surface area contributed by atoms with Crippen LogP contribution >= 0.6 is 0 Å². The van der Waals surface area contributed by atoms with Crippen LogP contribution in [-0.2, 0) is 15.8 Å². The largest absolute Gasteiger partial charge is 0.322 e. The highest BCUT2D eigenvalue weighted by Crippen LogP contribution is 2.18. The van der Waals surface area contributed by atoms with Crippen LogP contribution in [0.3, 0.4) is 0 Å². The summed E-state index contributed by atoms with van der Waals surface area (Å²) in [5.74, 6) is -0.445. The van der Waals surface area contributed by atoms with Crippen molar-refractivity contribution in [2.75, 3.05) is 11.9 Å². The Kier molecular flexibility index (Phi) is 6.09. The third kappa shape index (κ3) is 5.07. The summed E-state index contributed by atoms with van der Waals surface area (Å²) in [4.78, 5) is 16.9. The van der Waals surface area contributed by atoms with E-state index in [-0.39, 0.29) is 24.2 Å². The number of sulfonamides is 1. The summed E-state index contributed by atoms with van der Waals surface area (Å²) in [5.41, 5.74) is 2.32. The van der Waals surface area contributed by atoms with Crippen molar-refractivity contribution in [3.05, 3.63) is 66.5 Å². The molecule has 0 saturated heterocycles. The lowest BCUT2D eigenvalue weighted by atomic mass is 10.2. The average Bonchev–Trinajstić information content (AvgIpc) is 3.11. The lowest BCUT2D eigenvalue weighted by molar-refractivity contribution is 0.102. The van der Waals surface area contributed by atoms with E-state index in [2.05, 4.69) is 26.7 Å². The molecule has 0 spiro atoms. The number of nitrogens with one attached hydrogen (secondary N) is 2. The molecule has 3 aromatic rings. The van der Waals surface area contributed by atoms with Gasteiger partial charge in [-0.15, -0.1) is 6.58 Å². The van der Waals surface area contributed by atoms with Gasteiger partial charge in [-0.25, -0.2) is 22.8 Å². The average molecular weight is 414 g/mol. The van der Waals surface area contributed by atoms with Gasteiger partial charge in [-0.3, -0.25) is 4.79 Å². The first kappa shape index (κ1) is 20.7. The van der Waals surface area contributed by atoms with Crippen LogP contribution in [0.5, 0.6) is 0 Å². The molecule has 0 aliphatic heterocycles. The molecule has 0 atom stereocenters. The van der Waals surface area contributed by atoms with Crippen molar-refractivity contribution in [3.63, 3.8) is 0 Å². The fraction of sp³-hybridized carbons (Fsp3) is 0.250. The van der Waals surface area contributed by atoms with Gasteiger partial charge in [-0.1, -0.05) is 18.2 Å². The highest BCUT2D eigenvalue weighted by molar-refractivity contribution is 7.88. The van der Waals surface area contributed by atoms with Crippen LogP contribution in [0.1, 0.15) is 35.8 Å². The molecule has 0 radical (unpaired) electrons. The molecule has 152 valence electrons. The molecule has 0 fully saturated rings. The normalized spacial score (nSPS) is 11.7. The molecule has 1 amide bonds. The number of anilines is 1. The SMILES string of the molecule is C=CCNS(=O)(=O)Cc1ccc(NC(=O)c2cnc3c(cnn3C(C)C)c2)cc1. The Balaban J connectivity index is 1.69. The fourth-order valence-electron chi connectivity index (χ4n) is 2.79. The van der Waals surface area contributed by atoms with Gasteiger partial charge in [0.2, 0.25) is 10.0 Å². The molecular weight excluding hydrogens is 390 g/mol. The zero-order valence-corrected chi connectivity index (χ0v) is 17.1. The Morgan fingerprint density at radius 3 is 2.62 bits per heavy atom. The Morgan fingerprint density at radius 1 is 1.24 bits per heavy atom. The van der Waals surface area contributed by atoms with E-state index >= 15 is 0 Å². The summed E-state index contributed by atoms with van der Waals surface area (Å²) in [6.07, 6.45) is 4.69. The molecule has 0 aliphatic rings. The van der Waals surface area contributed by atoms with Crippen LogP contribution in [0.15, 0.2) is 55.4 Å². The van der Waals surface area contributed by atoms with Crippen molar-refractivity contribution in [1.29, 1.82) is 0 Å². The van der Waals surface area contributed by atoms with Gasteiger partial charge in [0.1, 0.15) is 0 Å². The zero-order chi connectivity index (χ0) is 21.0. The minimum Gasteiger partial charge on any atom is -0.322 e. The highest BCUT2D eigenvalue weighted by Gasteiger charge is 2.13. The van der Waals surface area contributed by atoms with Crippen LogP contribution in [0.4, 0.5) is 5.69 Å². The predicted octanol–water partition coefficient (Wildman–Crippen LogP) is 2.87. The van der Waals surface area contributed by atoms with E-state index in [1.54, 1.807) is 41.2 Å². The molecule has 0 aliphatic carbocycles. The van der Waals surface area contributed by atoms with Crippen molar-refractivity contribution in [2.24, 2.45) is 0 Å². The molecule has 0 bridgehead atoms. The summed E-state index contributed by atoms with van der Waals surface area (Å²) in [6.45, 7) is 7.70. The molecule has 0 saturated carbocycles. The van der Waals surface area contributed by atoms with Crippen LogP contribution < -0.4 is 10.0 Å². The first-order valence-electron chi connectivity index (χ1n) is 9.11. The van der Waals surface area contributed by atoms with Gasteiger partial charge >= 0.3 is 0 Å². The molecule has 2 heterocycles. The first-order valence-corrected chi connectivity index (χ1v) is 10.8. The molecular formula is C20H23N5O3S. The molecule has 2 N–H and O–H groups in total. The number of fused-ring (bicyclic) bond motifs is 1. The van der Waals surface area contributed by atoms with E-state index in [4.69, 9.17) is 0 Å². The Bertz CT molecular complexity index is 1130. The number of pyridine rings is 1. The van der Waals surface area contributed by atoms with Crippen LogP contribution in [0.25, 0.3) is 11.0 Å². The highest BCUT2D eigenvalue weighted by atomic mass is 32.2. The monoisotopic (exact) mass is 413 g/mol. The molecule has 1 aromatic carbocycles. The van der Waals surface area contributed by atoms with Gasteiger partial charge in [0.25, 0.3) is 5.91 Å². The lowest BCUT2D eigenvalue weighted by Gasteiger charge is -2.08. The second-order valence-electron chi connectivity index (χ2n) is 6.87. The Hall–Kier alpha value is -3.04. The first-order chi connectivity index (χ1) is 13.8. The van der Waals surface area contributed by atoms with Crippen molar-refractivity contribution < 1.29 is 13.2 Å². The number of hydrogen-bond acceptors (Lipinski definition) is 5. The summed E-state index contributed by atoms with van der Waals surface area (Å²) in [6, 6.07) is 8.58. The quantitative estimate of drug-likeness (QED) is 0.553. The third-order valence-corrected chi connectivity index (χ3v) is 5.52. The number of aromatic nitrogens is 3. The van der Waals surface area contributed by atoms with Gasteiger partial charge in [-0.05, 0) is 37.6 Å². The van der Waals surface area contributed by atoms with Gasteiger partial charge in [0, 0.05) is 29.9 Å². The summed E-state index contributed by atoms with van der Waals surface area (Å²) in [5, 5.41) is 7.88. The van der Waals surface area contributed by atoms with Crippen LogP contribution in [-0.4, -0.2) is 35.6 Å². The van der Waals surface area contributed by atoms with Crippen molar-refractivity contribution >= 4 is 32.7 Å². The Labute approximate surface area is 169 Å². The minimum absolute atomic E-state index is 0.143. The van der Waals surface area contributed by atoms with E-state index in [1.807, 2.05) is 13.8 Å². The maximum absolute atomic E-state index is 12.5. The maximum atomic E-state index is 12.5. The summed E-state index contributed by atoms with van der Waals surface area (Å²) < 4.78 is 28.0. The molecule has 29 heavy (non-hydrogen) atoms. The number of carbonyl (C=O) groups excluding carboxylic acids is 1. The number of benzene rings is 1. The number of carbonyl (C=O) groups is 1. The summed E-state index contributed by atoms with van der Waals surface area (Å²) in [7, 11) is -3.43. The predicted molar refractivity (Wildman–Crippen MR) is 113 cm³/mol. The number of rotatable bonds is 8. The van der Waals surface area contributed by atoms with Crippen LogP contribution in [0.2, 0.25) is 0 Å². The summed E-state index contributed by atoms with van der Waals surface area (Å²) >= 11 is 0. The van der Waals surface area contributed by atoms with E-state index in [1.165, 1.54) is 12.3 Å². The second-order valence-corrected chi connectivity index (χ2v) is 8.67. The van der Waals surface area contributed by atoms with Gasteiger partial charge in [0.05, 0.1) is 17.5 Å². The van der Waals surface area contributed by atoms with E-state index in [9.17, 15) is 13.2 Å². The van der Waals surface area contributed by atoms with Crippen LogP contribution in [0, 0.1) is 0 Å². The van der Waals surface area contributed by atoms with E-state index in [0.717, 1.165) is 11.0 Å². The fourth-order valence-corrected chi connectivity index (χ4v) is 3.89. The van der Waals surface area contributed by atoms with Crippen molar-refractivity contribution in [1.82, 2.24) is 19.5 Å². The molecule has 3 rings (SSSR count). The number of hydrogen-bond donors (Lipinski definition) is 2. The van der Waals surface area contributed by atoms with Gasteiger partial charge in [0.15, 0.2) is 5.65 Å². The zero-order valence-electron chi connectivity index (χ0n) is 16.3. The molecule has 9 heteroatoms. The van der Waals surface area contributed by atoms with Gasteiger partial charge in [-0.2, -0.15) is 5.10 Å². The third-order valence-electron chi connectivity index (χ3n) is 4.20. The lowest BCUT2D eigenvalue weighted by Crippen LogP contribution is -2.25. The Morgan fingerprint density at radius 2 is 1.97 bits per heavy atom. The van der Waals surface area contributed by atoms with E-state index < -0.39 is 10.0 Å². The number of nitrogens with zero attached hydrogens (tertiary/aromatic N) is 3. The second kappa shape index (κ2) is 8.54.